The molecule has 1 heterocycles. The van der Waals surface area contributed by atoms with Gasteiger partial charge in [0.25, 0.3) is 8.32 Å². The van der Waals surface area contributed by atoms with Gasteiger partial charge in [0, 0.05) is 13.5 Å². The maximum atomic E-state index is 12.9. The Balaban J connectivity index is 1.78. The number of carbonyl (C=O) groups excluding carboxylic acids is 1. The molecule has 8 heteroatoms. The molecule has 0 saturated heterocycles. The minimum absolute atomic E-state index is 0.0282. The van der Waals surface area contributed by atoms with Gasteiger partial charge < -0.3 is 23.1 Å². The molecule has 3 atom stereocenters. The second kappa shape index (κ2) is 14.0. The van der Waals surface area contributed by atoms with Crippen molar-refractivity contribution in [2.24, 2.45) is 11.3 Å². The fraction of sp³-hybridized carbons (Fsp3) is 0.513. The molecular formula is C39H56O6Si2. The highest BCUT2D eigenvalue weighted by Gasteiger charge is 2.59. The van der Waals surface area contributed by atoms with Crippen molar-refractivity contribution in [3.8, 4) is 0 Å². The summed E-state index contributed by atoms with van der Waals surface area (Å²) in [5.41, 5.74) is -0.571. The first-order valence-electron chi connectivity index (χ1n) is 16.8. The zero-order chi connectivity index (χ0) is 34.7. The smallest absolute Gasteiger partial charge is 0.335 e. The fourth-order valence-electron chi connectivity index (χ4n) is 6.79. The van der Waals surface area contributed by atoms with Crippen LogP contribution in [0.1, 0.15) is 61.8 Å². The molecule has 0 saturated carbocycles. The van der Waals surface area contributed by atoms with E-state index in [0.29, 0.717) is 25.4 Å². The van der Waals surface area contributed by atoms with Crippen LogP contribution in [0.3, 0.4) is 0 Å². The Hall–Kier alpha value is -2.76. The topological polar surface area (TPSA) is 63.2 Å². The molecule has 4 rings (SSSR count). The lowest BCUT2D eigenvalue weighted by molar-refractivity contribution is -0.161. The molecule has 0 unspecified atom stereocenters. The second-order valence-electron chi connectivity index (χ2n) is 15.8. The second-order valence-corrected chi connectivity index (χ2v) is 25.0. The van der Waals surface area contributed by atoms with Crippen LogP contribution >= 0.6 is 0 Å². The lowest BCUT2D eigenvalue weighted by Crippen LogP contribution is -2.66. The van der Waals surface area contributed by atoms with E-state index in [1.54, 1.807) is 7.11 Å². The Labute approximate surface area is 285 Å². The molecule has 1 spiro atoms. The third-order valence-electron chi connectivity index (χ3n) is 10.5. The van der Waals surface area contributed by atoms with Crippen LogP contribution in [0.4, 0.5) is 0 Å². The Morgan fingerprint density at radius 1 is 0.915 bits per heavy atom. The van der Waals surface area contributed by atoms with Crippen LogP contribution in [0.15, 0.2) is 96.3 Å². The summed E-state index contributed by atoms with van der Waals surface area (Å²) in [6, 6.07) is 21.4. The summed E-state index contributed by atoms with van der Waals surface area (Å²) >= 11 is 0. The van der Waals surface area contributed by atoms with Gasteiger partial charge in [-0.2, -0.15) is 0 Å². The van der Waals surface area contributed by atoms with Crippen molar-refractivity contribution in [2.45, 2.75) is 90.6 Å². The Morgan fingerprint density at radius 2 is 1.49 bits per heavy atom. The zero-order valence-corrected chi connectivity index (χ0v) is 32.4. The molecule has 1 aliphatic heterocycles. The third-order valence-corrected chi connectivity index (χ3v) is 20.0. The highest BCUT2D eigenvalue weighted by atomic mass is 28.4. The third kappa shape index (κ3) is 7.32. The van der Waals surface area contributed by atoms with E-state index in [2.05, 4.69) is 147 Å². The zero-order valence-electron chi connectivity index (χ0n) is 30.4. The molecule has 0 fully saturated rings. The normalized spacial score (nSPS) is 24.0. The number of esters is 1. The van der Waals surface area contributed by atoms with Gasteiger partial charge in [-0.15, -0.1) is 0 Å². The largest absolute Gasteiger partial charge is 0.467 e. The number of ether oxygens (including phenoxy) is 3. The predicted molar refractivity (Wildman–Crippen MR) is 196 cm³/mol. The molecule has 6 nitrogen and oxygen atoms in total. The number of hydrogen-bond acceptors (Lipinski definition) is 6. The van der Waals surface area contributed by atoms with E-state index in [0.717, 1.165) is 0 Å². The monoisotopic (exact) mass is 676 g/mol. The molecule has 0 radical (unpaired) electrons. The summed E-state index contributed by atoms with van der Waals surface area (Å²) in [5.74, 6) is 0.149. The van der Waals surface area contributed by atoms with Crippen LogP contribution in [0, 0.1) is 11.3 Å². The summed E-state index contributed by atoms with van der Waals surface area (Å²) in [4.78, 5) is 12.9. The Morgan fingerprint density at radius 3 is 2.00 bits per heavy atom. The van der Waals surface area contributed by atoms with Crippen molar-refractivity contribution in [1.29, 1.82) is 0 Å². The molecule has 1 aliphatic carbocycles. The SMILES string of the molecule is COCOC1=CC(=O)O[C@]12C[C@@H](C)C(CO[Si](c1ccccc1)(c1ccccc1)C(C)(C)C)=C[C@]2(C)/C=C/CO[Si](C)(C)C(C)(C)C. The quantitative estimate of drug-likeness (QED) is 0.0986. The maximum Gasteiger partial charge on any atom is 0.335 e. The molecule has 256 valence electrons. The summed E-state index contributed by atoms with van der Waals surface area (Å²) < 4.78 is 31.5. The van der Waals surface area contributed by atoms with Crippen LogP contribution in [0.25, 0.3) is 0 Å². The van der Waals surface area contributed by atoms with E-state index in [4.69, 9.17) is 23.1 Å². The standard InChI is InChI=1S/C39H56O6Si2/c1-30-26-39(34(42-29-41-9)25-35(40)45-39)38(8,23-18-24-43-46(10,11)36(2,3)4)27-31(30)28-44-47(37(5,6)7,32-19-14-12-15-20-32)33-21-16-13-17-22-33/h12-23,25,27,30H,24,26,28-29H2,1-11H3/b23-18+/t30-,38+,39-/m1/s1. The van der Waals surface area contributed by atoms with Gasteiger partial charge in [-0.25, -0.2) is 4.79 Å². The van der Waals surface area contributed by atoms with Crippen LogP contribution in [0.5, 0.6) is 0 Å². The van der Waals surface area contributed by atoms with Gasteiger partial charge in [-0.05, 0) is 52.0 Å². The number of methoxy groups -OCH3 is 1. The Bertz CT molecular complexity index is 1430. The Kier molecular flexibility index (Phi) is 11.0. The fourth-order valence-corrected chi connectivity index (χ4v) is 12.3. The van der Waals surface area contributed by atoms with Gasteiger partial charge in [0.15, 0.2) is 26.5 Å². The minimum Gasteiger partial charge on any atom is -0.467 e. The molecule has 2 aromatic carbocycles. The van der Waals surface area contributed by atoms with E-state index in [1.165, 1.54) is 22.0 Å². The van der Waals surface area contributed by atoms with Crippen LogP contribution in [-0.4, -0.2) is 55.3 Å². The first-order chi connectivity index (χ1) is 21.9. The molecule has 2 aliphatic rings. The van der Waals surface area contributed by atoms with Crippen LogP contribution in [-0.2, 0) is 27.9 Å². The summed E-state index contributed by atoms with van der Waals surface area (Å²) in [6.07, 6.45) is 8.49. The summed E-state index contributed by atoms with van der Waals surface area (Å²) in [7, 11) is -3.16. The first-order valence-corrected chi connectivity index (χ1v) is 21.6. The van der Waals surface area contributed by atoms with Crippen molar-refractivity contribution < 1.29 is 27.9 Å². The van der Waals surface area contributed by atoms with Crippen LogP contribution in [0.2, 0.25) is 23.2 Å². The van der Waals surface area contributed by atoms with Gasteiger partial charge in [0.1, 0.15) is 0 Å². The lowest BCUT2D eigenvalue weighted by atomic mass is 9.62. The van der Waals surface area contributed by atoms with Gasteiger partial charge >= 0.3 is 5.97 Å². The van der Waals surface area contributed by atoms with Crippen molar-refractivity contribution in [1.82, 2.24) is 0 Å². The number of hydrogen-bond donors (Lipinski definition) is 0. The molecule has 0 bridgehead atoms. The van der Waals surface area contributed by atoms with Crippen molar-refractivity contribution in [3.05, 3.63) is 96.3 Å². The van der Waals surface area contributed by atoms with E-state index < -0.39 is 33.6 Å². The molecular weight excluding hydrogens is 621 g/mol. The molecule has 2 aromatic rings. The van der Waals surface area contributed by atoms with E-state index in [-0.39, 0.29) is 22.8 Å². The average molecular weight is 677 g/mol. The van der Waals surface area contributed by atoms with Gasteiger partial charge in [0.05, 0.1) is 24.7 Å². The van der Waals surface area contributed by atoms with Gasteiger partial charge in [-0.3, -0.25) is 0 Å². The number of rotatable bonds is 12. The average Bonchev–Trinajstić information content (AvgIpc) is 3.32. The summed E-state index contributed by atoms with van der Waals surface area (Å²) in [5, 5.41) is 2.44. The minimum atomic E-state index is -2.77. The summed E-state index contributed by atoms with van der Waals surface area (Å²) in [6.45, 7) is 23.4. The van der Waals surface area contributed by atoms with Crippen molar-refractivity contribution in [2.75, 3.05) is 27.1 Å². The molecule has 47 heavy (non-hydrogen) atoms. The highest BCUT2D eigenvalue weighted by Crippen LogP contribution is 2.54. The van der Waals surface area contributed by atoms with Crippen LogP contribution < -0.4 is 10.4 Å². The number of carbonyl (C=O) groups is 1. The lowest BCUT2D eigenvalue weighted by Gasteiger charge is -2.49. The molecule has 0 N–H and O–H groups in total. The number of benzene rings is 2. The maximum absolute atomic E-state index is 12.9. The molecule has 0 amide bonds. The molecule has 0 aromatic heterocycles. The predicted octanol–water partition coefficient (Wildman–Crippen LogP) is 7.91. The van der Waals surface area contributed by atoms with Gasteiger partial charge in [0.2, 0.25) is 0 Å². The van der Waals surface area contributed by atoms with E-state index in [1.807, 2.05) is 0 Å². The van der Waals surface area contributed by atoms with Gasteiger partial charge in [-0.1, -0.05) is 127 Å². The van der Waals surface area contributed by atoms with Crippen molar-refractivity contribution in [3.63, 3.8) is 0 Å². The van der Waals surface area contributed by atoms with E-state index >= 15 is 0 Å². The van der Waals surface area contributed by atoms with Crippen molar-refractivity contribution >= 4 is 33.0 Å². The first kappa shape index (κ1) is 37.1. The van der Waals surface area contributed by atoms with E-state index in [9.17, 15) is 4.79 Å². The highest BCUT2D eigenvalue weighted by molar-refractivity contribution is 6.99.